The number of hydrogen-bond donors (Lipinski definition) is 2. The standard InChI is InChI=1S/C13H17N3O3S/c1-8(7-20-2)6-14-11-5-10-9(4-13(17)15-10)3-12(11)16(18)19/h3,5,8,14H,4,6-7H2,1-2H3,(H,15,17). The molecular weight excluding hydrogens is 278 g/mol. The van der Waals surface area contributed by atoms with Crippen molar-refractivity contribution in [2.45, 2.75) is 13.3 Å². The van der Waals surface area contributed by atoms with Gasteiger partial charge in [-0.15, -0.1) is 0 Å². The molecule has 20 heavy (non-hydrogen) atoms. The topological polar surface area (TPSA) is 84.3 Å². The SMILES string of the molecule is CSCC(C)CNc1cc2c(cc1[N+](=O)[O-])CC(=O)N2. The maximum atomic E-state index is 11.3. The number of hydrogen-bond acceptors (Lipinski definition) is 5. The summed E-state index contributed by atoms with van der Waals surface area (Å²) < 4.78 is 0. The quantitative estimate of drug-likeness (QED) is 0.622. The van der Waals surface area contributed by atoms with Crippen LogP contribution in [0.25, 0.3) is 0 Å². The van der Waals surface area contributed by atoms with Crippen molar-refractivity contribution in [1.82, 2.24) is 0 Å². The lowest BCUT2D eigenvalue weighted by Crippen LogP contribution is -2.14. The van der Waals surface area contributed by atoms with Gasteiger partial charge in [0.15, 0.2) is 0 Å². The predicted octanol–water partition coefficient (Wildman–Crippen LogP) is 2.50. The van der Waals surface area contributed by atoms with Crippen molar-refractivity contribution >= 4 is 34.7 Å². The Morgan fingerprint density at radius 2 is 2.30 bits per heavy atom. The van der Waals surface area contributed by atoms with E-state index in [4.69, 9.17) is 0 Å². The number of anilines is 2. The summed E-state index contributed by atoms with van der Waals surface area (Å²) in [5.41, 5.74) is 1.84. The minimum absolute atomic E-state index is 0.0246. The van der Waals surface area contributed by atoms with Crippen LogP contribution in [-0.4, -0.2) is 29.4 Å². The van der Waals surface area contributed by atoms with E-state index in [1.54, 1.807) is 17.8 Å². The van der Waals surface area contributed by atoms with Gasteiger partial charge in [0.1, 0.15) is 5.69 Å². The van der Waals surface area contributed by atoms with Gasteiger partial charge < -0.3 is 10.6 Å². The van der Waals surface area contributed by atoms with Crippen molar-refractivity contribution in [1.29, 1.82) is 0 Å². The summed E-state index contributed by atoms with van der Waals surface area (Å²) in [6, 6.07) is 3.14. The fourth-order valence-electron chi connectivity index (χ4n) is 2.18. The number of rotatable bonds is 6. The Morgan fingerprint density at radius 1 is 1.55 bits per heavy atom. The third-order valence-electron chi connectivity index (χ3n) is 3.14. The van der Waals surface area contributed by atoms with Crippen LogP contribution >= 0.6 is 11.8 Å². The fraction of sp³-hybridized carbons (Fsp3) is 0.462. The minimum atomic E-state index is -0.412. The monoisotopic (exact) mass is 295 g/mol. The summed E-state index contributed by atoms with van der Waals surface area (Å²) in [6.45, 7) is 2.75. The second-order valence-electron chi connectivity index (χ2n) is 4.95. The molecular formula is C13H17N3O3S. The zero-order valence-corrected chi connectivity index (χ0v) is 12.3. The van der Waals surface area contributed by atoms with Crippen LogP contribution in [0.1, 0.15) is 12.5 Å². The number of amides is 1. The molecule has 2 rings (SSSR count). The van der Waals surface area contributed by atoms with Gasteiger partial charge in [0.2, 0.25) is 5.91 Å². The first kappa shape index (κ1) is 14.6. The predicted molar refractivity (Wildman–Crippen MR) is 81.5 cm³/mol. The van der Waals surface area contributed by atoms with Gasteiger partial charge in [0, 0.05) is 18.3 Å². The molecule has 0 saturated carbocycles. The van der Waals surface area contributed by atoms with E-state index in [9.17, 15) is 14.9 Å². The number of nitro groups is 1. The highest BCUT2D eigenvalue weighted by Crippen LogP contribution is 2.34. The van der Waals surface area contributed by atoms with Crippen LogP contribution in [0.2, 0.25) is 0 Å². The van der Waals surface area contributed by atoms with Crippen molar-refractivity contribution in [3.8, 4) is 0 Å². The fourth-order valence-corrected chi connectivity index (χ4v) is 2.87. The van der Waals surface area contributed by atoms with Crippen molar-refractivity contribution in [2.75, 3.05) is 29.2 Å². The van der Waals surface area contributed by atoms with Crippen LogP contribution in [0.15, 0.2) is 12.1 Å². The molecule has 1 aliphatic rings. The van der Waals surface area contributed by atoms with E-state index in [-0.39, 0.29) is 18.0 Å². The Kier molecular flexibility index (Phi) is 4.49. The van der Waals surface area contributed by atoms with Crippen LogP contribution in [0, 0.1) is 16.0 Å². The third-order valence-corrected chi connectivity index (χ3v) is 4.04. The molecule has 2 N–H and O–H groups in total. The molecule has 6 nitrogen and oxygen atoms in total. The Morgan fingerprint density at radius 3 is 2.95 bits per heavy atom. The van der Waals surface area contributed by atoms with Gasteiger partial charge in [0.05, 0.1) is 11.3 Å². The van der Waals surface area contributed by atoms with E-state index >= 15 is 0 Å². The Labute approximate surface area is 121 Å². The summed E-state index contributed by atoms with van der Waals surface area (Å²) in [5, 5.41) is 17.0. The number of carbonyl (C=O) groups is 1. The molecule has 0 saturated heterocycles. The molecule has 1 amide bonds. The van der Waals surface area contributed by atoms with Crippen molar-refractivity contribution in [3.63, 3.8) is 0 Å². The highest BCUT2D eigenvalue weighted by molar-refractivity contribution is 7.98. The average molecular weight is 295 g/mol. The van der Waals surface area contributed by atoms with Gasteiger partial charge in [-0.3, -0.25) is 14.9 Å². The molecule has 1 aromatic carbocycles. The first-order valence-corrected chi connectivity index (χ1v) is 7.74. The van der Waals surface area contributed by atoms with Crippen LogP contribution in [0.3, 0.4) is 0 Å². The number of nitrogens with one attached hydrogen (secondary N) is 2. The van der Waals surface area contributed by atoms with E-state index in [1.807, 2.05) is 6.26 Å². The molecule has 0 fully saturated rings. The van der Waals surface area contributed by atoms with Crippen molar-refractivity contribution < 1.29 is 9.72 Å². The molecule has 0 aromatic heterocycles. The number of benzene rings is 1. The van der Waals surface area contributed by atoms with Gasteiger partial charge in [-0.05, 0) is 29.6 Å². The maximum Gasteiger partial charge on any atom is 0.292 e. The zero-order valence-electron chi connectivity index (χ0n) is 11.4. The maximum absolute atomic E-state index is 11.3. The number of carbonyl (C=O) groups excluding carboxylic acids is 1. The first-order chi connectivity index (χ1) is 9.51. The van der Waals surface area contributed by atoms with E-state index in [2.05, 4.69) is 17.6 Å². The normalized spacial score (nSPS) is 14.6. The van der Waals surface area contributed by atoms with Crippen molar-refractivity contribution in [3.05, 3.63) is 27.8 Å². The van der Waals surface area contributed by atoms with Crippen molar-refractivity contribution in [2.24, 2.45) is 5.92 Å². The summed E-state index contributed by atoms with van der Waals surface area (Å²) in [4.78, 5) is 22.1. The van der Waals surface area contributed by atoms with Crippen LogP contribution < -0.4 is 10.6 Å². The smallest absolute Gasteiger partial charge is 0.292 e. The lowest BCUT2D eigenvalue weighted by molar-refractivity contribution is -0.384. The van der Waals surface area contributed by atoms with E-state index < -0.39 is 4.92 Å². The second-order valence-corrected chi connectivity index (χ2v) is 5.86. The van der Waals surface area contributed by atoms with Crippen LogP contribution in [0.5, 0.6) is 0 Å². The lowest BCUT2D eigenvalue weighted by atomic mass is 10.1. The summed E-state index contributed by atoms with van der Waals surface area (Å²) in [5.74, 6) is 1.28. The first-order valence-electron chi connectivity index (χ1n) is 6.35. The number of nitrogens with zero attached hydrogens (tertiary/aromatic N) is 1. The highest BCUT2D eigenvalue weighted by Gasteiger charge is 2.24. The summed E-state index contributed by atoms with van der Waals surface area (Å²) in [7, 11) is 0. The molecule has 1 atom stereocenters. The average Bonchev–Trinajstić information content (AvgIpc) is 2.74. The Balaban J connectivity index is 2.21. The molecule has 1 aromatic rings. The zero-order chi connectivity index (χ0) is 14.7. The second kappa shape index (κ2) is 6.13. The number of fused-ring (bicyclic) bond motifs is 1. The van der Waals surface area contributed by atoms with Gasteiger partial charge in [-0.2, -0.15) is 11.8 Å². The Hall–Kier alpha value is -1.76. The molecule has 1 unspecified atom stereocenters. The summed E-state index contributed by atoms with van der Waals surface area (Å²) >= 11 is 1.74. The van der Waals surface area contributed by atoms with Crippen LogP contribution in [-0.2, 0) is 11.2 Å². The van der Waals surface area contributed by atoms with E-state index in [1.165, 1.54) is 6.07 Å². The van der Waals surface area contributed by atoms with Gasteiger partial charge >= 0.3 is 0 Å². The van der Waals surface area contributed by atoms with Gasteiger partial charge in [0.25, 0.3) is 5.69 Å². The van der Waals surface area contributed by atoms with Gasteiger partial charge in [-0.1, -0.05) is 6.92 Å². The number of nitro benzene ring substituents is 1. The van der Waals surface area contributed by atoms with Crippen LogP contribution in [0.4, 0.5) is 17.1 Å². The molecule has 108 valence electrons. The molecule has 0 radical (unpaired) electrons. The molecule has 1 aliphatic heterocycles. The molecule has 7 heteroatoms. The molecule has 0 bridgehead atoms. The molecule has 1 heterocycles. The lowest BCUT2D eigenvalue weighted by Gasteiger charge is -2.13. The summed E-state index contributed by atoms with van der Waals surface area (Å²) in [6.07, 6.45) is 2.24. The van der Waals surface area contributed by atoms with E-state index in [0.717, 1.165) is 5.75 Å². The van der Waals surface area contributed by atoms with Gasteiger partial charge in [-0.25, -0.2) is 0 Å². The number of thioether (sulfide) groups is 1. The molecule has 0 aliphatic carbocycles. The highest BCUT2D eigenvalue weighted by atomic mass is 32.2. The Bertz CT molecular complexity index is 548. The third kappa shape index (κ3) is 3.22. The van der Waals surface area contributed by atoms with E-state index in [0.29, 0.717) is 29.4 Å². The largest absolute Gasteiger partial charge is 0.379 e. The minimum Gasteiger partial charge on any atom is -0.379 e. The molecule has 0 spiro atoms.